The highest BCUT2D eigenvalue weighted by Crippen LogP contribution is 2.27. The number of imidazole rings is 1. The number of fused-ring (bicyclic) bond motifs is 2. The molecule has 2 aromatic heterocycles. The van der Waals surface area contributed by atoms with Crippen LogP contribution in [0.1, 0.15) is 38.8 Å². The smallest absolute Gasteiger partial charge is 0.377 e. The minimum absolute atomic E-state index is 0.107. The highest BCUT2D eigenvalue weighted by Gasteiger charge is 2.14. The van der Waals surface area contributed by atoms with Gasteiger partial charge >= 0.3 is 5.95 Å². The van der Waals surface area contributed by atoms with Gasteiger partial charge in [-0.1, -0.05) is 70.2 Å². The molecule has 0 fully saturated rings. The Morgan fingerprint density at radius 3 is 2.48 bits per heavy atom. The lowest BCUT2D eigenvalue weighted by Gasteiger charge is -2.19. The second-order valence-electron chi connectivity index (χ2n) is 9.40. The van der Waals surface area contributed by atoms with Gasteiger partial charge in [0.05, 0.1) is 0 Å². The molecule has 3 N–H and O–H groups in total. The van der Waals surface area contributed by atoms with E-state index in [4.69, 9.17) is 9.52 Å². The fourth-order valence-corrected chi connectivity index (χ4v) is 3.98. The van der Waals surface area contributed by atoms with E-state index in [9.17, 15) is 0 Å². The number of aryl methyl sites for hydroxylation is 1. The molecule has 5 rings (SSSR count). The van der Waals surface area contributed by atoms with E-state index in [-0.39, 0.29) is 5.41 Å². The zero-order chi connectivity index (χ0) is 23.0. The maximum absolute atomic E-state index is 6.31. The summed E-state index contributed by atoms with van der Waals surface area (Å²) in [6.07, 6.45) is 0.953. The second-order valence-corrected chi connectivity index (χ2v) is 9.40. The third-order valence-electron chi connectivity index (χ3n) is 5.99. The van der Waals surface area contributed by atoms with Crippen LogP contribution in [0.2, 0.25) is 0 Å². The number of aromatic nitrogens is 2. The molecule has 5 aromatic rings. The number of anilines is 1. The van der Waals surface area contributed by atoms with Crippen molar-refractivity contribution in [3.05, 3.63) is 89.3 Å². The number of nitrogens with zero attached hydrogens (tertiary/aromatic N) is 1. The molecule has 0 amide bonds. The van der Waals surface area contributed by atoms with Gasteiger partial charge in [-0.15, -0.1) is 5.10 Å². The molecule has 0 saturated heterocycles. The summed E-state index contributed by atoms with van der Waals surface area (Å²) >= 11 is 0. The first-order valence-corrected chi connectivity index (χ1v) is 11.4. The molecular formula is C28H29N4O+. The third-order valence-corrected chi connectivity index (χ3v) is 5.99. The lowest BCUT2D eigenvalue weighted by atomic mass is 9.86. The third kappa shape index (κ3) is 4.27. The molecule has 0 bridgehead atoms. The molecule has 33 heavy (non-hydrogen) atoms. The van der Waals surface area contributed by atoms with Gasteiger partial charge in [-0.3, -0.25) is 0 Å². The Morgan fingerprint density at radius 1 is 0.970 bits per heavy atom. The summed E-state index contributed by atoms with van der Waals surface area (Å²) in [7, 11) is 0. The van der Waals surface area contributed by atoms with Crippen molar-refractivity contribution in [1.29, 1.82) is 0 Å². The molecule has 3 aromatic carbocycles. The van der Waals surface area contributed by atoms with Crippen LogP contribution >= 0.6 is 0 Å². The predicted molar refractivity (Wildman–Crippen MR) is 134 cm³/mol. The Morgan fingerprint density at radius 2 is 1.76 bits per heavy atom. The maximum atomic E-state index is 6.31. The number of aromatic amines is 2. The SMILES string of the molecule is CCc1ccc2oc(-c3ccc(C(C)(C)C)cc3)cc(=NNc3[nH]c4ccccc4[nH+]3)c2c1. The molecule has 0 spiro atoms. The molecule has 0 aliphatic carbocycles. The molecule has 2 heterocycles. The summed E-state index contributed by atoms with van der Waals surface area (Å²) in [6.45, 7) is 8.81. The van der Waals surface area contributed by atoms with Gasteiger partial charge in [-0.25, -0.2) is 9.97 Å². The molecule has 5 heteroatoms. The monoisotopic (exact) mass is 437 g/mol. The molecule has 0 atom stereocenters. The van der Waals surface area contributed by atoms with E-state index < -0.39 is 0 Å². The van der Waals surface area contributed by atoms with Gasteiger partial charge in [0, 0.05) is 17.0 Å². The Bertz CT molecular complexity index is 1470. The topological polar surface area (TPSA) is 67.5 Å². The molecule has 5 nitrogen and oxygen atoms in total. The molecule has 0 aliphatic rings. The first kappa shape index (κ1) is 21.0. The first-order chi connectivity index (χ1) is 15.9. The van der Waals surface area contributed by atoms with E-state index in [2.05, 4.69) is 79.5 Å². The number of hydrogen-bond acceptors (Lipinski definition) is 3. The first-order valence-electron chi connectivity index (χ1n) is 11.4. The summed E-state index contributed by atoms with van der Waals surface area (Å²) in [5, 5.41) is 6.55. The Balaban J connectivity index is 1.61. The number of para-hydroxylation sites is 2. The maximum Gasteiger partial charge on any atom is 0.377 e. The standard InChI is InChI=1S/C28H28N4O/c1-5-18-10-15-25-21(16-18)24(31-32-27-29-22-8-6-7-9-23(22)30-27)17-26(33-25)19-11-13-20(14-12-19)28(2,3)4/h6-17H,5H2,1-4H3,(H2,29,30,32)/p+1. The highest BCUT2D eigenvalue weighted by molar-refractivity contribution is 5.79. The average Bonchev–Trinajstić information content (AvgIpc) is 3.24. The van der Waals surface area contributed by atoms with Gasteiger partial charge in [0.1, 0.15) is 27.7 Å². The van der Waals surface area contributed by atoms with Gasteiger partial charge in [-0.05, 0) is 47.2 Å². The number of rotatable bonds is 4. The fourth-order valence-electron chi connectivity index (χ4n) is 3.98. The van der Waals surface area contributed by atoms with Crippen LogP contribution in [0.15, 0.2) is 82.3 Å². The zero-order valence-corrected chi connectivity index (χ0v) is 19.5. The van der Waals surface area contributed by atoms with Gasteiger partial charge in [0.25, 0.3) is 0 Å². The van der Waals surface area contributed by atoms with E-state index in [0.29, 0.717) is 0 Å². The van der Waals surface area contributed by atoms with Crippen LogP contribution in [0.4, 0.5) is 5.95 Å². The van der Waals surface area contributed by atoms with Gasteiger partial charge in [0.15, 0.2) is 0 Å². The van der Waals surface area contributed by atoms with Crippen molar-refractivity contribution in [3.8, 4) is 11.3 Å². The Labute approximate surface area is 193 Å². The van der Waals surface area contributed by atoms with Gasteiger partial charge in [0.2, 0.25) is 0 Å². The minimum atomic E-state index is 0.107. The summed E-state index contributed by atoms with van der Waals surface area (Å²) < 4.78 is 6.31. The van der Waals surface area contributed by atoms with Crippen molar-refractivity contribution < 1.29 is 9.40 Å². The number of benzene rings is 3. The Kier molecular flexibility index (Phi) is 5.25. The van der Waals surface area contributed by atoms with Gasteiger partial charge < -0.3 is 4.42 Å². The zero-order valence-electron chi connectivity index (χ0n) is 19.5. The van der Waals surface area contributed by atoms with Crippen LogP contribution in [-0.4, -0.2) is 4.98 Å². The van der Waals surface area contributed by atoms with E-state index >= 15 is 0 Å². The lowest BCUT2D eigenvalue weighted by molar-refractivity contribution is -0.326. The van der Waals surface area contributed by atoms with Crippen LogP contribution in [0.5, 0.6) is 0 Å². The van der Waals surface area contributed by atoms with E-state index in [1.807, 2.05) is 36.4 Å². The van der Waals surface area contributed by atoms with Crippen LogP contribution < -0.4 is 15.8 Å². The summed E-state index contributed by atoms with van der Waals surface area (Å²) in [5.41, 5.74) is 9.69. The number of nitrogens with one attached hydrogen (secondary N) is 3. The summed E-state index contributed by atoms with van der Waals surface area (Å²) in [5.74, 6) is 1.52. The normalized spacial score (nSPS) is 12.5. The molecule has 166 valence electrons. The largest absolute Gasteiger partial charge is 0.456 e. The summed E-state index contributed by atoms with van der Waals surface area (Å²) in [4.78, 5) is 6.64. The number of H-pyrrole nitrogens is 2. The molecule has 0 aliphatic heterocycles. The highest BCUT2D eigenvalue weighted by atomic mass is 16.3. The Hall–Kier alpha value is -3.86. The minimum Gasteiger partial charge on any atom is -0.456 e. The van der Waals surface area contributed by atoms with Crippen molar-refractivity contribution in [2.75, 3.05) is 5.43 Å². The van der Waals surface area contributed by atoms with Crippen LogP contribution in [0, 0.1) is 0 Å². The van der Waals surface area contributed by atoms with Crippen molar-refractivity contribution in [3.63, 3.8) is 0 Å². The van der Waals surface area contributed by atoms with E-state index in [1.165, 1.54) is 11.1 Å². The molecule has 0 radical (unpaired) electrons. The lowest BCUT2D eigenvalue weighted by Crippen LogP contribution is -2.12. The molecule has 0 unspecified atom stereocenters. The molecule has 0 saturated carbocycles. The van der Waals surface area contributed by atoms with Crippen molar-refractivity contribution in [2.45, 2.75) is 39.5 Å². The van der Waals surface area contributed by atoms with Crippen LogP contribution in [0.25, 0.3) is 33.3 Å². The summed E-state index contributed by atoms with van der Waals surface area (Å²) in [6, 6.07) is 24.9. The number of hydrogen-bond donors (Lipinski definition) is 2. The quantitative estimate of drug-likeness (QED) is 0.330. The van der Waals surface area contributed by atoms with E-state index in [0.717, 1.165) is 51.1 Å². The van der Waals surface area contributed by atoms with E-state index in [1.54, 1.807) is 0 Å². The molecular weight excluding hydrogens is 408 g/mol. The predicted octanol–water partition coefficient (Wildman–Crippen LogP) is 6.18. The average molecular weight is 438 g/mol. The fraction of sp³-hybridized carbons (Fsp3) is 0.214. The van der Waals surface area contributed by atoms with Crippen molar-refractivity contribution >= 4 is 28.0 Å². The van der Waals surface area contributed by atoms with Crippen molar-refractivity contribution in [1.82, 2.24) is 4.98 Å². The van der Waals surface area contributed by atoms with Gasteiger partial charge in [-0.2, -0.15) is 5.43 Å². The second kappa shape index (κ2) is 8.24. The van der Waals surface area contributed by atoms with Crippen LogP contribution in [-0.2, 0) is 11.8 Å². The van der Waals surface area contributed by atoms with Crippen molar-refractivity contribution in [2.24, 2.45) is 5.10 Å². The van der Waals surface area contributed by atoms with Crippen LogP contribution in [0.3, 0.4) is 0 Å².